The van der Waals surface area contributed by atoms with Crippen molar-refractivity contribution in [2.45, 2.75) is 0 Å². The molecule has 0 aliphatic carbocycles. The van der Waals surface area contributed by atoms with Crippen molar-refractivity contribution in [2.24, 2.45) is 0 Å². The molecule has 4 aromatic rings. The van der Waals surface area contributed by atoms with E-state index in [0.29, 0.717) is 17.1 Å². The van der Waals surface area contributed by atoms with E-state index >= 15 is 0 Å². The fraction of sp³-hybridized carbons (Fsp3) is 0. The molecule has 25 heavy (non-hydrogen) atoms. The highest BCUT2D eigenvalue weighted by atomic mass is 127. The van der Waals surface area contributed by atoms with Crippen LogP contribution in [-0.2, 0) is 0 Å². The molecular formula is C18H11FIN3OS. The Hall–Kier alpha value is -2.26. The van der Waals surface area contributed by atoms with E-state index in [1.54, 1.807) is 18.2 Å². The Morgan fingerprint density at radius 1 is 1.20 bits per heavy atom. The minimum Gasteiger partial charge on any atom is -0.306 e. The number of benzene rings is 2. The molecule has 7 heteroatoms. The van der Waals surface area contributed by atoms with E-state index in [4.69, 9.17) is 0 Å². The molecule has 2 aromatic carbocycles. The van der Waals surface area contributed by atoms with Crippen molar-refractivity contribution in [2.75, 3.05) is 5.32 Å². The lowest BCUT2D eigenvalue weighted by Crippen LogP contribution is -2.14. The first-order valence-electron chi connectivity index (χ1n) is 7.40. The molecule has 0 aliphatic heterocycles. The van der Waals surface area contributed by atoms with Crippen LogP contribution in [0.15, 0.2) is 60.1 Å². The first kappa shape index (κ1) is 16.2. The van der Waals surface area contributed by atoms with E-state index in [0.717, 1.165) is 14.1 Å². The molecule has 124 valence electrons. The summed E-state index contributed by atoms with van der Waals surface area (Å²) in [4.78, 5) is 18.0. The third-order valence-corrected chi connectivity index (χ3v) is 5.13. The molecule has 1 amide bonds. The van der Waals surface area contributed by atoms with E-state index in [1.165, 1.54) is 23.5 Å². The second kappa shape index (κ2) is 6.57. The molecule has 4 rings (SSSR count). The maximum atomic E-state index is 13.2. The minimum absolute atomic E-state index is 0.213. The normalized spacial score (nSPS) is 11.0. The van der Waals surface area contributed by atoms with Crippen LogP contribution in [0, 0.1) is 9.39 Å². The van der Waals surface area contributed by atoms with Crippen LogP contribution in [0.1, 0.15) is 10.4 Å². The number of hydrogen-bond donors (Lipinski definition) is 1. The smallest absolute Gasteiger partial charge is 0.256 e. The molecular weight excluding hydrogens is 452 g/mol. The molecule has 0 fully saturated rings. The summed E-state index contributed by atoms with van der Waals surface area (Å²) in [6, 6.07) is 13.4. The Bertz CT molecular complexity index is 1070. The van der Waals surface area contributed by atoms with Gasteiger partial charge in [-0.3, -0.25) is 9.20 Å². The lowest BCUT2D eigenvalue weighted by atomic mass is 10.1. The zero-order valence-corrected chi connectivity index (χ0v) is 15.7. The van der Waals surface area contributed by atoms with Crippen molar-refractivity contribution < 1.29 is 9.18 Å². The van der Waals surface area contributed by atoms with E-state index in [-0.39, 0.29) is 11.7 Å². The van der Waals surface area contributed by atoms with Crippen molar-refractivity contribution in [1.82, 2.24) is 9.38 Å². The van der Waals surface area contributed by atoms with Gasteiger partial charge in [-0.05, 0) is 65.1 Å². The molecule has 0 bridgehead atoms. The van der Waals surface area contributed by atoms with Gasteiger partial charge in [0.25, 0.3) is 5.91 Å². The molecule has 2 heterocycles. The molecule has 0 aliphatic rings. The van der Waals surface area contributed by atoms with Gasteiger partial charge in [0.1, 0.15) is 17.3 Å². The number of nitrogens with zero attached hydrogens (tertiary/aromatic N) is 2. The molecule has 0 atom stereocenters. The number of anilines is 1. The number of hydrogen-bond acceptors (Lipinski definition) is 3. The van der Waals surface area contributed by atoms with E-state index in [2.05, 4.69) is 32.9 Å². The molecule has 0 radical (unpaired) electrons. The summed E-state index contributed by atoms with van der Waals surface area (Å²) < 4.78 is 16.0. The highest BCUT2D eigenvalue weighted by Gasteiger charge is 2.18. The van der Waals surface area contributed by atoms with Gasteiger partial charge in [0.2, 0.25) is 0 Å². The maximum absolute atomic E-state index is 13.2. The van der Waals surface area contributed by atoms with Crippen LogP contribution in [0.3, 0.4) is 0 Å². The summed E-state index contributed by atoms with van der Waals surface area (Å²) in [6.07, 6.45) is 1.85. The number of rotatable bonds is 3. The summed E-state index contributed by atoms with van der Waals surface area (Å²) in [7, 11) is 0. The van der Waals surface area contributed by atoms with Crippen LogP contribution in [0.25, 0.3) is 16.2 Å². The summed E-state index contributed by atoms with van der Waals surface area (Å²) in [5.41, 5.74) is 1.93. The number of nitrogens with one attached hydrogen (secondary N) is 1. The zero-order chi connectivity index (χ0) is 17.4. The van der Waals surface area contributed by atoms with Gasteiger partial charge in [-0.2, -0.15) is 0 Å². The van der Waals surface area contributed by atoms with Crippen molar-refractivity contribution in [1.29, 1.82) is 0 Å². The summed E-state index contributed by atoms with van der Waals surface area (Å²) in [5, 5.41) is 4.85. The van der Waals surface area contributed by atoms with E-state index in [1.807, 2.05) is 34.2 Å². The van der Waals surface area contributed by atoms with Crippen molar-refractivity contribution in [3.8, 4) is 11.3 Å². The average molecular weight is 463 g/mol. The Kier molecular flexibility index (Phi) is 4.26. The minimum atomic E-state index is -0.311. The number of thiazole rings is 1. The molecule has 0 saturated carbocycles. The van der Waals surface area contributed by atoms with Crippen molar-refractivity contribution in [3.63, 3.8) is 0 Å². The number of halogens is 2. The van der Waals surface area contributed by atoms with Crippen LogP contribution in [0.5, 0.6) is 0 Å². The highest BCUT2D eigenvalue weighted by molar-refractivity contribution is 14.1. The second-order valence-corrected chi connectivity index (χ2v) is 7.45. The third-order valence-electron chi connectivity index (χ3n) is 3.70. The number of amides is 1. The molecule has 4 nitrogen and oxygen atoms in total. The fourth-order valence-corrected chi connectivity index (χ4v) is 3.78. The van der Waals surface area contributed by atoms with Crippen molar-refractivity contribution >= 4 is 50.6 Å². The van der Waals surface area contributed by atoms with E-state index in [9.17, 15) is 9.18 Å². The molecule has 2 aromatic heterocycles. The Labute approximate surface area is 160 Å². The van der Waals surface area contributed by atoms with Crippen LogP contribution >= 0.6 is 33.9 Å². The first-order chi connectivity index (χ1) is 12.1. The van der Waals surface area contributed by atoms with Gasteiger partial charge >= 0.3 is 0 Å². The molecule has 1 N–H and O–H groups in total. The standard InChI is InChI=1S/C18H11FIN3OS/c19-13-6-4-11(5-7-13)15-16(23-8-9-25-18(23)21-15)22-17(24)12-2-1-3-14(20)10-12/h1-10H,(H,22,24). The van der Waals surface area contributed by atoms with Gasteiger partial charge in [-0.1, -0.05) is 6.07 Å². The monoisotopic (exact) mass is 463 g/mol. The van der Waals surface area contributed by atoms with E-state index < -0.39 is 0 Å². The predicted octanol–water partition coefficient (Wildman–Crippen LogP) is 5.06. The largest absolute Gasteiger partial charge is 0.306 e. The summed E-state index contributed by atoms with van der Waals surface area (Å²) in [5.74, 6) is 0.0517. The lowest BCUT2D eigenvalue weighted by Gasteiger charge is -2.07. The number of carbonyl (C=O) groups excluding carboxylic acids is 1. The Balaban J connectivity index is 1.77. The summed E-state index contributed by atoms with van der Waals surface area (Å²) >= 11 is 3.64. The van der Waals surface area contributed by atoms with Gasteiger partial charge in [-0.15, -0.1) is 11.3 Å². The van der Waals surface area contributed by atoms with Gasteiger partial charge in [0, 0.05) is 26.3 Å². The number of carbonyl (C=O) groups is 1. The third kappa shape index (κ3) is 3.16. The first-order valence-corrected chi connectivity index (χ1v) is 9.36. The van der Waals surface area contributed by atoms with Gasteiger partial charge in [-0.25, -0.2) is 9.37 Å². The van der Waals surface area contributed by atoms with Crippen LogP contribution in [0.4, 0.5) is 10.2 Å². The van der Waals surface area contributed by atoms with Crippen molar-refractivity contribution in [3.05, 3.63) is 75.1 Å². The number of aromatic nitrogens is 2. The number of imidazole rings is 1. The van der Waals surface area contributed by atoms with Gasteiger partial charge in [0.15, 0.2) is 4.96 Å². The predicted molar refractivity (Wildman–Crippen MR) is 106 cm³/mol. The Morgan fingerprint density at radius 2 is 2.00 bits per heavy atom. The lowest BCUT2D eigenvalue weighted by molar-refractivity contribution is 0.102. The van der Waals surface area contributed by atoms with Crippen LogP contribution < -0.4 is 5.32 Å². The van der Waals surface area contributed by atoms with Crippen LogP contribution in [-0.4, -0.2) is 15.3 Å². The van der Waals surface area contributed by atoms with Crippen LogP contribution in [0.2, 0.25) is 0 Å². The molecule has 0 unspecified atom stereocenters. The Morgan fingerprint density at radius 3 is 2.76 bits per heavy atom. The van der Waals surface area contributed by atoms with Gasteiger partial charge < -0.3 is 5.32 Å². The number of fused-ring (bicyclic) bond motifs is 1. The molecule has 0 spiro atoms. The quantitative estimate of drug-likeness (QED) is 0.432. The SMILES string of the molecule is O=C(Nc1c(-c2ccc(F)cc2)nc2sccn12)c1cccc(I)c1. The zero-order valence-electron chi connectivity index (χ0n) is 12.7. The average Bonchev–Trinajstić information content (AvgIpc) is 3.18. The summed E-state index contributed by atoms with van der Waals surface area (Å²) in [6.45, 7) is 0. The fourth-order valence-electron chi connectivity index (χ4n) is 2.52. The topological polar surface area (TPSA) is 46.4 Å². The second-order valence-electron chi connectivity index (χ2n) is 5.34. The molecule has 0 saturated heterocycles. The maximum Gasteiger partial charge on any atom is 0.256 e. The van der Waals surface area contributed by atoms with Gasteiger partial charge in [0.05, 0.1) is 0 Å². The highest BCUT2D eigenvalue weighted by Crippen LogP contribution is 2.31.